The number of aromatic nitrogens is 1. The number of amides is 1. The lowest BCUT2D eigenvalue weighted by Crippen LogP contribution is -2.42. The minimum Gasteiger partial charge on any atom is -0.507 e. The summed E-state index contributed by atoms with van der Waals surface area (Å²) in [5.41, 5.74) is 3.45. The molecular weight excluding hydrogens is 442 g/mol. The van der Waals surface area contributed by atoms with Gasteiger partial charge in [-0.15, -0.1) is 0 Å². The molecule has 0 radical (unpaired) electrons. The molecule has 0 unspecified atom stereocenters. The normalized spacial score (nSPS) is 16.6. The van der Waals surface area contributed by atoms with E-state index in [-0.39, 0.29) is 29.5 Å². The fourth-order valence-electron chi connectivity index (χ4n) is 4.57. The molecule has 3 heterocycles. The molecule has 1 aromatic heterocycles. The maximum atomic E-state index is 13.6. The van der Waals surface area contributed by atoms with Gasteiger partial charge in [-0.2, -0.15) is 0 Å². The number of Topliss-reactive ketones (excluding diaryl/α,β-unsaturated/α-hetero) is 1. The number of benzene rings is 2. The van der Waals surface area contributed by atoms with E-state index >= 15 is 0 Å². The Bertz CT molecular complexity index is 1240. The van der Waals surface area contributed by atoms with Crippen LogP contribution in [0.2, 0.25) is 5.02 Å². The van der Waals surface area contributed by atoms with Crippen LogP contribution >= 0.6 is 11.6 Å². The Hall–Kier alpha value is -3.00. The minimum absolute atomic E-state index is 0.0196. The Labute approximate surface area is 196 Å². The number of ether oxygens (including phenoxy) is 1. The molecule has 1 N–H and O–H groups in total. The molecule has 1 amide bonds. The average molecular weight is 466 g/mol. The summed E-state index contributed by atoms with van der Waals surface area (Å²) in [7, 11) is 0. The van der Waals surface area contributed by atoms with Crippen molar-refractivity contribution < 1.29 is 19.4 Å². The highest BCUT2D eigenvalue weighted by molar-refractivity contribution is 6.31. The second-order valence-corrected chi connectivity index (χ2v) is 8.82. The van der Waals surface area contributed by atoms with E-state index in [1.807, 2.05) is 34.1 Å². The molecule has 0 aliphatic carbocycles. The summed E-state index contributed by atoms with van der Waals surface area (Å²) in [6, 6.07) is 12.2. The predicted octanol–water partition coefficient (Wildman–Crippen LogP) is 3.31. The van der Waals surface area contributed by atoms with Gasteiger partial charge in [0.05, 0.1) is 36.4 Å². The van der Waals surface area contributed by atoms with Crippen molar-refractivity contribution in [1.29, 1.82) is 0 Å². The topological polar surface area (TPSA) is 83.0 Å². The Kier molecular flexibility index (Phi) is 6.01. The molecule has 33 heavy (non-hydrogen) atoms. The number of phenols is 1. The van der Waals surface area contributed by atoms with Crippen molar-refractivity contribution >= 4 is 34.2 Å². The fraction of sp³-hybridized carbons (Fsp3) is 0.320. The maximum Gasteiger partial charge on any atom is 0.255 e. The Morgan fingerprint density at radius 1 is 1.09 bits per heavy atom. The number of carbonyl (C=O) groups excluding carboxylic acids is 2. The van der Waals surface area contributed by atoms with E-state index in [1.165, 1.54) is 12.1 Å². The van der Waals surface area contributed by atoms with E-state index in [0.717, 1.165) is 22.2 Å². The van der Waals surface area contributed by atoms with Gasteiger partial charge in [0.25, 0.3) is 5.91 Å². The number of ketones is 1. The van der Waals surface area contributed by atoms with Crippen molar-refractivity contribution in [2.45, 2.75) is 13.0 Å². The van der Waals surface area contributed by atoms with Crippen molar-refractivity contribution in [2.24, 2.45) is 0 Å². The van der Waals surface area contributed by atoms with E-state index in [1.54, 1.807) is 6.07 Å². The Morgan fingerprint density at radius 3 is 2.70 bits per heavy atom. The third-order valence-corrected chi connectivity index (χ3v) is 6.50. The highest BCUT2D eigenvalue weighted by Crippen LogP contribution is 2.30. The number of halogens is 1. The van der Waals surface area contributed by atoms with Crippen LogP contribution in [0.15, 0.2) is 42.5 Å². The zero-order chi connectivity index (χ0) is 22.9. The molecule has 8 heteroatoms. The number of nitrogens with zero attached hydrogens (tertiary/aromatic N) is 3. The van der Waals surface area contributed by atoms with Crippen LogP contribution in [0.25, 0.3) is 10.9 Å². The smallest absolute Gasteiger partial charge is 0.255 e. The highest BCUT2D eigenvalue weighted by atomic mass is 35.5. The molecule has 170 valence electrons. The van der Waals surface area contributed by atoms with Gasteiger partial charge in [0.1, 0.15) is 5.75 Å². The Morgan fingerprint density at radius 2 is 1.88 bits per heavy atom. The fourth-order valence-corrected chi connectivity index (χ4v) is 4.74. The first kappa shape index (κ1) is 21.8. The molecule has 0 atom stereocenters. The molecule has 5 rings (SSSR count). The molecule has 3 aromatic rings. The number of fused-ring (bicyclic) bond motifs is 2. The zero-order valence-electron chi connectivity index (χ0n) is 18.1. The van der Waals surface area contributed by atoms with Crippen molar-refractivity contribution in [3.8, 4) is 5.75 Å². The number of rotatable bonds is 4. The third kappa shape index (κ3) is 4.31. The molecule has 2 aromatic carbocycles. The van der Waals surface area contributed by atoms with E-state index in [2.05, 4.69) is 0 Å². The lowest BCUT2D eigenvalue weighted by molar-refractivity contribution is 0.0302. The Balaban J connectivity index is 1.48. The first-order chi connectivity index (χ1) is 16.0. The first-order valence-electron chi connectivity index (χ1n) is 11.0. The van der Waals surface area contributed by atoms with E-state index < -0.39 is 0 Å². The van der Waals surface area contributed by atoms with Gasteiger partial charge in [0, 0.05) is 54.3 Å². The van der Waals surface area contributed by atoms with Gasteiger partial charge < -0.3 is 14.7 Å². The average Bonchev–Trinajstić information content (AvgIpc) is 2.84. The van der Waals surface area contributed by atoms with Gasteiger partial charge in [-0.25, -0.2) is 0 Å². The predicted molar refractivity (Wildman–Crippen MR) is 125 cm³/mol. The molecule has 1 saturated heterocycles. The molecule has 2 aliphatic rings. The summed E-state index contributed by atoms with van der Waals surface area (Å²) < 4.78 is 5.42. The molecule has 0 spiro atoms. The van der Waals surface area contributed by atoms with Crippen molar-refractivity contribution in [1.82, 2.24) is 14.8 Å². The van der Waals surface area contributed by atoms with Crippen LogP contribution < -0.4 is 0 Å². The van der Waals surface area contributed by atoms with Gasteiger partial charge in [0.15, 0.2) is 5.78 Å². The molecule has 0 saturated carbocycles. The first-order valence-corrected chi connectivity index (χ1v) is 11.4. The van der Waals surface area contributed by atoms with Gasteiger partial charge in [0.2, 0.25) is 0 Å². The summed E-state index contributed by atoms with van der Waals surface area (Å²) in [6.07, 6.45) is 0.637. The second-order valence-electron chi connectivity index (χ2n) is 8.38. The lowest BCUT2D eigenvalue weighted by Gasteiger charge is -2.32. The van der Waals surface area contributed by atoms with E-state index in [9.17, 15) is 14.7 Å². The summed E-state index contributed by atoms with van der Waals surface area (Å²) >= 11 is 6.02. The number of aromatic hydroxyl groups is 1. The SMILES string of the molecule is O=C(CN1CCc2nc3ccccc3c(C(=O)N3CCOCC3)c2C1)c1cc(Cl)ccc1O. The molecular formula is C25H24ClN3O4. The van der Waals surface area contributed by atoms with E-state index in [0.29, 0.717) is 56.4 Å². The number of para-hydroxylation sites is 1. The van der Waals surface area contributed by atoms with Crippen LogP contribution in [0, 0.1) is 0 Å². The number of hydrogen-bond acceptors (Lipinski definition) is 6. The third-order valence-electron chi connectivity index (χ3n) is 6.26. The number of morpholine rings is 1. The van der Waals surface area contributed by atoms with Crippen LogP contribution in [0.4, 0.5) is 0 Å². The van der Waals surface area contributed by atoms with Crippen molar-refractivity contribution in [3.05, 3.63) is 69.9 Å². The maximum absolute atomic E-state index is 13.6. The molecule has 2 aliphatic heterocycles. The highest BCUT2D eigenvalue weighted by Gasteiger charge is 2.30. The number of carbonyl (C=O) groups is 2. The van der Waals surface area contributed by atoms with Crippen LogP contribution in [0.1, 0.15) is 32.0 Å². The minimum atomic E-state index is -0.215. The zero-order valence-corrected chi connectivity index (χ0v) is 18.8. The monoisotopic (exact) mass is 465 g/mol. The second kappa shape index (κ2) is 9.09. The quantitative estimate of drug-likeness (QED) is 0.595. The lowest BCUT2D eigenvalue weighted by atomic mass is 9.94. The van der Waals surface area contributed by atoms with Gasteiger partial charge in [-0.1, -0.05) is 29.8 Å². The number of hydrogen-bond donors (Lipinski definition) is 1. The summed E-state index contributed by atoms with van der Waals surface area (Å²) in [5, 5.41) is 11.3. The van der Waals surface area contributed by atoms with Gasteiger partial charge in [-0.05, 0) is 24.3 Å². The van der Waals surface area contributed by atoms with Crippen LogP contribution in [0.3, 0.4) is 0 Å². The largest absolute Gasteiger partial charge is 0.507 e. The van der Waals surface area contributed by atoms with Crippen LogP contribution in [0.5, 0.6) is 5.75 Å². The van der Waals surface area contributed by atoms with Crippen molar-refractivity contribution in [3.63, 3.8) is 0 Å². The molecule has 7 nitrogen and oxygen atoms in total. The summed E-state index contributed by atoms with van der Waals surface area (Å²) in [5.74, 6) is -0.320. The van der Waals surface area contributed by atoms with Gasteiger partial charge >= 0.3 is 0 Å². The van der Waals surface area contributed by atoms with E-state index in [4.69, 9.17) is 21.3 Å². The van der Waals surface area contributed by atoms with Gasteiger partial charge in [-0.3, -0.25) is 19.5 Å². The summed E-state index contributed by atoms with van der Waals surface area (Å²) in [6.45, 7) is 3.36. The summed E-state index contributed by atoms with van der Waals surface area (Å²) in [4.78, 5) is 35.2. The molecule has 0 bridgehead atoms. The van der Waals surface area contributed by atoms with Crippen molar-refractivity contribution in [2.75, 3.05) is 39.4 Å². The number of pyridine rings is 1. The number of phenolic OH excluding ortho intramolecular Hbond substituents is 1. The standard InChI is InChI=1S/C25H24ClN3O4/c26-16-5-6-22(30)18(13-16)23(31)15-28-8-7-21-19(14-28)24(17-3-1-2-4-20(17)27-21)25(32)29-9-11-33-12-10-29/h1-6,13,30H,7-12,14-15H2. The van der Waals surface area contributed by atoms with Crippen LogP contribution in [-0.2, 0) is 17.7 Å². The molecule has 1 fully saturated rings. The van der Waals surface area contributed by atoms with Crippen LogP contribution in [-0.4, -0.2) is 71.0 Å².